The van der Waals surface area contributed by atoms with Crippen molar-refractivity contribution in [3.8, 4) is 0 Å². The summed E-state index contributed by atoms with van der Waals surface area (Å²) in [4.78, 5) is 22.7. The van der Waals surface area contributed by atoms with Crippen LogP contribution in [0.2, 0.25) is 0 Å². The third-order valence-electron chi connectivity index (χ3n) is 2.38. The molecular formula is C15H24O4. The zero-order valence-corrected chi connectivity index (χ0v) is 12.3. The third kappa shape index (κ3) is 7.60. The summed E-state index contributed by atoms with van der Waals surface area (Å²) in [5.74, 6) is 1.77. The maximum Gasteiger partial charge on any atom is 0.340 e. The number of carbonyl (C=O) groups is 1. The fraction of sp³-hybridized carbons (Fsp3) is 0.667. The van der Waals surface area contributed by atoms with E-state index in [1.165, 1.54) is 0 Å². The van der Waals surface area contributed by atoms with Crippen molar-refractivity contribution < 1.29 is 19.1 Å². The number of hydrogen-bond acceptors (Lipinski definition) is 4. The summed E-state index contributed by atoms with van der Waals surface area (Å²) in [5, 5.41) is 0. The minimum Gasteiger partial charge on any atom is -0.464 e. The first-order valence-electron chi connectivity index (χ1n) is 6.75. The van der Waals surface area contributed by atoms with Crippen LogP contribution in [-0.4, -0.2) is 31.2 Å². The number of hydrogen-bond donors (Lipinski definition) is 0. The Morgan fingerprint density at radius 2 is 1.95 bits per heavy atom. The van der Waals surface area contributed by atoms with Gasteiger partial charge in [-0.1, -0.05) is 26.0 Å². The van der Waals surface area contributed by atoms with Gasteiger partial charge in [0.05, 0.1) is 12.2 Å². The number of rotatable bonds is 9. The first-order valence-corrected chi connectivity index (χ1v) is 6.75. The molecule has 0 rings (SSSR count). The molecule has 0 N–H and O–H groups in total. The molecule has 0 saturated carbocycles. The van der Waals surface area contributed by atoms with Crippen molar-refractivity contribution in [1.29, 1.82) is 0 Å². The van der Waals surface area contributed by atoms with Crippen LogP contribution in [0.15, 0.2) is 17.7 Å². The maximum absolute atomic E-state index is 11.7. The van der Waals surface area contributed by atoms with E-state index in [-0.39, 0.29) is 6.61 Å². The lowest BCUT2D eigenvalue weighted by atomic mass is 10.0. The summed E-state index contributed by atoms with van der Waals surface area (Å²) in [5.41, 5.74) is 0.314. The molecule has 19 heavy (non-hydrogen) atoms. The van der Waals surface area contributed by atoms with Gasteiger partial charge in [0.25, 0.3) is 0 Å². The largest absolute Gasteiger partial charge is 0.464 e. The predicted octanol–water partition coefficient (Wildman–Crippen LogP) is 2.71. The molecule has 0 amide bonds. The van der Waals surface area contributed by atoms with Gasteiger partial charge in [-0.25, -0.2) is 9.59 Å². The molecule has 1 atom stereocenters. The Labute approximate surface area is 115 Å². The Balaban J connectivity index is 4.59. The van der Waals surface area contributed by atoms with Gasteiger partial charge in [0.1, 0.15) is 5.94 Å². The lowest BCUT2D eigenvalue weighted by molar-refractivity contribution is -0.153. The molecule has 0 fully saturated rings. The van der Waals surface area contributed by atoms with Gasteiger partial charge in [0.15, 0.2) is 6.10 Å². The molecule has 0 aromatic heterocycles. The Bertz CT molecular complexity index is 338. The molecule has 108 valence electrons. The van der Waals surface area contributed by atoms with Crippen LogP contribution >= 0.6 is 0 Å². The van der Waals surface area contributed by atoms with Crippen LogP contribution in [0.3, 0.4) is 0 Å². The normalized spacial score (nSPS) is 12.5. The van der Waals surface area contributed by atoms with E-state index in [0.717, 1.165) is 0 Å². The van der Waals surface area contributed by atoms with Gasteiger partial charge < -0.3 is 9.47 Å². The second-order valence-corrected chi connectivity index (χ2v) is 4.43. The van der Waals surface area contributed by atoms with Gasteiger partial charge in [0, 0.05) is 6.61 Å². The Morgan fingerprint density at radius 1 is 1.26 bits per heavy atom. The number of ether oxygens (including phenoxy) is 2. The van der Waals surface area contributed by atoms with E-state index < -0.39 is 12.1 Å². The molecule has 4 nitrogen and oxygen atoms in total. The fourth-order valence-electron chi connectivity index (χ4n) is 1.54. The highest BCUT2D eigenvalue weighted by Gasteiger charge is 2.25. The van der Waals surface area contributed by atoms with Gasteiger partial charge in [-0.3, -0.25) is 0 Å². The van der Waals surface area contributed by atoms with Gasteiger partial charge >= 0.3 is 5.97 Å². The molecule has 0 saturated heterocycles. The lowest BCUT2D eigenvalue weighted by Crippen LogP contribution is -2.29. The van der Waals surface area contributed by atoms with E-state index >= 15 is 0 Å². The molecule has 0 aromatic rings. The molecule has 0 bridgehead atoms. The highest BCUT2D eigenvalue weighted by atomic mass is 16.6. The lowest BCUT2D eigenvalue weighted by Gasteiger charge is -2.15. The number of allylic oxidation sites excluding steroid dienone is 2. The van der Waals surface area contributed by atoms with Crippen molar-refractivity contribution in [3.05, 3.63) is 17.7 Å². The maximum atomic E-state index is 11.7. The fourth-order valence-corrected chi connectivity index (χ4v) is 1.54. The van der Waals surface area contributed by atoms with Crippen molar-refractivity contribution in [2.24, 2.45) is 5.92 Å². The first-order chi connectivity index (χ1) is 9.06. The summed E-state index contributed by atoms with van der Waals surface area (Å²) >= 11 is 0. The summed E-state index contributed by atoms with van der Waals surface area (Å²) in [6.45, 7) is 8.26. The number of esters is 1. The first kappa shape index (κ1) is 17.6. The van der Waals surface area contributed by atoms with Gasteiger partial charge in [-0.15, -0.1) is 0 Å². The van der Waals surface area contributed by atoms with Gasteiger partial charge in [0.2, 0.25) is 0 Å². The van der Waals surface area contributed by atoms with E-state index in [4.69, 9.17) is 9.47 Å². The average molecular weight is 268 g/mol. The summed E-state index contributed by atoms with van der Waals surface area (Å²) < 4.78 is 10.2. The van der Waals surface area contributed by atoms with Crippen molar-refractivity contribution in [2.45, 2.75) is 46.6 Å². The second-order valence-electron chi connectivity index (χ2n) is 4.43. The van der Waals surface area contributed by atoms with Crippen LogP contribution in [0.1, 0.15) is 40.5 Å². The van der Waals surface area contributed by atoms with E-state index in [1.807, 2.05) is 12.0 Å². The van der Waals surface area contributed by atoms with E-state index in [1.54, 1.807) is 13.8 Å². The van der Waals surface area contributed by atoms with Crippen LogP contribution in [-0.2, 0) is 19.1 Å². The van der Waals surface area contributed by atoms with Crippen LogP contribution in [0, 0.1) is 5.92 Å². The Kier molecular flexibility index (Phi) is 9.77. The van der Waals surface area contributed by atoms with Crippen molar-refractivity contribution in [2.75, 3.05) is 13.2 Å². The second kappa shape index (κ2) is 10.5. The summed E-state index contributed by atoms with van der Waals surface area (Å²) in [7, 11) is 0. The van der Waals surface area contributed by atoms with Crippen LogP contribution in [0.5, 0.6) is 0 Å². The average Bonchev–Trinajstić information content (AvgIpc) is 2.37. The monoisotopic (exact) mass is 268 g/mol. The van der Waals surface area contributed by atoms with Crippen LogP contribution in [0.25, 0.3) is 0 Å². The van der Waals surface area contributed by atoms with E-state index in [9.17, 15) is 9.59 Å². The zero-order chi connectivity index (χ0) is 14.7. The number of carbonyl (C=O) groups excluding carboxylic acids is 2. The molecule has 0 aromatic carbocycles. The third-order valence-corrected chi connectivity index (χ3v) is 2.38. The molecule has 1 unspecified atom stereocenters. The molecule has 0 radical (unpaired) electrons. The molecule has 0 aliphatic rings. The smallest absolute Gasteiger partial charge is 0.340 e. The Morgan fingerprint density at radius 3 is 2.42 bits per heavy atom. The molecule has 0 spiro atoms. The topological polar surface area (TPSA) is 52.6 Å². The van der Waals surface area contributed by atoms with Gasteiger partial charge in [-0.2, -0.15) is 0 Å². The van der Waals surface area contributed by atoms with Crippen molar-refractivity contribution >= 4 is 11.9 Å². The van der Waals surface area contributed by atoms with Crippen molar-refractivity contribution in [1.82, 2.24) is 0 Å². The highest BCUT2D eigenvalue weighted by Crippen LogP contribution is 2.13. The molecule has 0 heterocycles. The zero-order valence-electron chi connectivity index (χ0n) is 12.3. The van der Waals surface area contributed by atoms with E-state index in [2.05, 4.69) is 19.9 Å². The quantitative estimate of drug-likeness (QED) is 0.366. The van der Waals surface area contributed by atoms with Crippen molar-refractivity contribution in [3.63, 3.8) is 0 Å². The SMILES string of the molecule is CCOC(=O)C(OCC)C(=C=O)CC/C=C/C(C)C. The standard InChI is InChI=1S/C15H24O4/c1-5-18-14(15(17)19-6-2)13(11-16)10-8-7-9-12(3)4/h7,9,12,14H,5-6,8,10H2,1-4H3/b9-7+. The van der Waals surface area contributed by atoms with Crippen LogP contribution < -0.4 is 0 Å². The minimum atomic E-state index is -0.921. The molecule has 0 aliphatic heterocycles. The summed E-state index contributed by atoms with van der Waals surface area (Å²) in [6.07, 6.45) is 4.27. The molecule has 4 heteroatoms. The predicted molar refractivity (Wildman–Crippen MR) is 74.5 cm³/mol. The molecular weight excluding hydrogens is 244 g/mol. The highest BCUT2D eigenvalue weighted by molar-refractivity contribution is 5.81. The molecule has 0 aliphatic carbocycles. The Hall–Kier alpha value is -1.38. The minimum absolute atomic E-state index is 0.266. The summed E-state index contributed by atoms with van der Waals surface area (Å²) in [6, 6.07) is 0. The van der Waals surface area contributed by atoms with Gasteiger partial charge in [-0.05, 0) is 32.6 Å². The van der Waals surface area contributed by atoms with Crippen LogP contribution in [0.4, 0.5) is 0 Å². The van der Waals surface area contributed by atoms with E-state index in [0.29, 0.717) is 30.9 Å².